The molecule has 4 rings (SSSR count). The SMILES string of the molecule is CC(C)(C)N[Si](C)(C)C1=CC=c2ccc3c4c(ccc3c2C1)=CC=C4. The third-order valence-corrected chi connectivity index (χ3v) is 8.61. The third kappa shape index (κ3) is 2.94. The fourth-order valence-electron chi connectivity index (χ4n) is 4.34. The van der Waals surface area contributed by atoms with E-state index in [9.17, 15) is 0 Å². The zero-order chi connectivity index (χ0) is 17.8. The summed E-state index contributed by atoms with van der Waals surface area (Å²) in [4.78, 5) is 3.92. The van der Waals surface area contributed by atoms with Crippen LogP contribution in [0.2, 0.25) is 13.1 Å². The lowest BCUT2D eigenvalue weighted by Crippen LogP contribution is -2.56. The highest BCUT2D eigenvalue weighted by molar-refractivity contribution is 6.82. The third-order valence-electron chi connectivity index (χ3n) is 5.28. The van der Waals surface area contributed by atoms with Crippen molar-refractivity contribution in [2.75, 3.05) is 0 Å². The summed E-state index contributed by atoms with van der Waals surface area (Å²) in [5.41, 5.74) is 3.02. The molecule has 25 heavy (non-hydrogen) atoms. The molecule has 1 nitrogen and oxygen atoms in total. The molecular weight excluding hydrogens is 318 g/mol. The summed E-state index contributed by atoms with van der Waals surface area (Å²) in [5.74, 6) is 0. The molecule has 2 aliphatic rings. The summed E-state index contributed by atoms with van der Waals surface area (Å²) in [6, 6.07) is 9.18. The van der Waals surface area contributed by atoms with Gasteiger partial charge in [0.05, 0.1) is 0 Å². The van der Waals surface area contributed by atoms with Crippen molar-refractivity contribution in [3.05, 3.63) is 63.2 Å². The van der Waals surface area contributed by atoms with Crippen LogP contribution in [0.25, 0.3) is 29.0 Å². The molecule has 0 atom stereocenters. The Balaban J connectivity index is 1.82. The molecule has 128 valence electrons. The molecule has 2 heteroatoms. The van der Waals surface area contributed by atoms with Crippen molar-refractivity contribution in [1.82, 2.24) is 4.98 Å². The van der Waals surface area contributed by atoms with Crippen LogP contribution < -0.4 is 15.4 Å². The van der Waals surface area contributed by atoms with Crippen LogP contribution in [0.15, 0.2) is 41.6 Å². The Kier molecular flexibility index (Phi) is 3.68. The van der Waals surface area contributed by atoms with Gasteiger partial charge in [-0.25, -0.2) is 0 Å². The highest BCUT2D eigenvalue weighted by Crippen LogP contribution is 2.27. The summed E-state index contributed by atoms with van der Waals surface area (Å²) >= 11 is 0. The van der Waals surface area contributed by atoms with Crippen molar-refractivity contribution in [1.29, 1.82) is 0 Å². The molecule has 0 aliphatic heterocycles. The number of allylic oxidation sites excluding steroid dienone is 3. The van der Waals surface area contributed by atoms with Gasteiger partial charge in [0, 0.05) is 5.54 Å². The maximum Gasteiger partial charge on any atom is 0.148 e. The van der Waals surface area contributed by atoms with Gasteiger partial charge in [-0.3, -0.25) is 0 Å². The van der Waals surface area contributed by atoms with Crippen LogP contribution in [0.3, 0.4) is 0 Å². The van der Waals surface area contributed by atoms with E-state index in [1.807, 2.05) is 0 Å². The highest BCUT2D eigenvalue weighted by atomic mass is 28.3. The first-order valence-corrected chi connectivity index (χ1v) is 12.2. The first-order chi connectivity index (χ1) is 11.7. The Bertz CT molecular complexity index is 1050. The van der Waals surface area contributed by atoms with E-state index >= 15 is 0 Å². The molecular formula is C23H27NSi. The number of fused-ring (bicyclic) bond motifs is 5. The highest BCUT2D eigenvalue weighted by Gasteiger charge is 2.31. The lowest BCUT2D eigenvalue weighted by atomic mass is 9.94. The van der Waals surface area contributed by atoms with E-state index < -0.39 is 8.24 Å². The van der Waals surface area contributed by atoms with Gasteiger partial charge in [-0.15, -0.1) is 0 Å². The van der Waals surface area contributed by atoms with Gasteiger partial charge in [0.1, 0.15) is 8.24 Å². The first kappa shape index (κ1) is 16.6. The van der Waals surface area contributed by atoms with Crippen LogP contribution in [0, 0.1) is 0 Å². The van der Waals surface area contributed by atoms with Crippen LogP contribution in [0.5, 0.6) is 0 Å². The predicted octanol–water partition coefficient (Wildman–Crippen LogP) is 4.04. The van der Waals surface area contributed by atoms with Gasteiger partial charge >= 0.3 is 0 Å². The maximum absolute atomic E-state index is 3.92. The molecule has 2 aromatic rings. The van der Waals surface area contributed by atoms with Crippen molar-refractivity contribution in [2.24, 2.45) is 0 Å². The average molecular weight is 346 g/mol. The molecule has 0 spiro atoms. The fourth-order valence-corrected chi connectivity index (χ4v) is 7.50. The quantitative estimate of drug-likeness (QED) is 0.810. The van der Waals surface area contributed by atoms with Gasteiger partial charge in [0.15, 0.2) is 0 Å². The topological polar surface area (TPSA) is 12.0 Å². The second-order valence-corrected chi connectivity index (χ2v) is 13.0. The van der Waals surface area contributed by atoms with Crippen molar-refractivity contribution in [3.8, 4) is 0 Å². The maximum atomic E-state index is 3.92. The Morgan fingerprint density at radius 1 is 0.880 bits per heavy atom. The van der Waals surface area contributed by atoms with Gasteiger partial charge in [-0.1, -0.05) is 72.9 Å². The first-order valence-electron chi connectivity index (χ1n) is 9.18. The molecule has 0 aromatic heterocycles. The molecule has 0 amide bonds. The number of nitrogens with one attached hydrogen (secondary N) is 1. The van der Waals surface area contributed by atoms with E-state index in [1.54, 1.807) is 5.20 Å². The minimum Gasteiger partial charge on any atom is -0.329 e. The summed E-state index contributed by atoms with van der Waals surface area (Å²) < 4.78 is 0. The summed E-state index contributed by atoms with van der Waals surface area (Å²) in [5, 5.41) is 7.11. The minimum atomic E-state index is -1.65. The van der Waals surface area contributed by atoms with Crippen molar-refractivity contribution >= 4 is 37.2 Å². The Labute approximate surface area is 151 Å². The predicted molar refractivity (Wildman–Crippen MR) is 113 cm³/mol. The summed E-state index contributed by atoms with van der Waals surface area (Å²) in [7, 11) is -1.65. The summed E-state index contributed by atoms with van der Waals surface area (Å²) in [6.07, 6.45) is 12.4. The minimum absolute atomic E-state index is 0.150. The van der Waals surface area contributed by atoms with E-state index in [4.69, 9.17) is 0 Å². The Morgan fingerprint density at radius 3 is 2.36 bits per heavy atom. The van der Waals surface area contributed by atoms with Crippen LogP contribution >= 0.6 is 0 Å². The molecule has 0 saturated heterocycles. The van der Waals surface area contributed by atoms with Gasteiger partial charge in [0.2, 0.25) is 0 Å². The standard InChI is InChI=1S/C23H27NSi/c1-23(2,3)24-25(4,5)18-12-9-17-11-13-20-19-8-6-7-16(19)10-14-21(20)22(17)15-18/h6-14,24H,15H2,1-5H3. The lowest BCUT2D eigenvalue weighted by Gasteiger charge is -2.36. The molecule has 0 fully saturated rings. The smallest absolute Gasteiger partial charge is 0.148 e. The van der Waals surface area contributed by atoms with E-state index in [2.05, 4.69) is 93.5 Å². The monoisotopic (exact) mass is 345 g/mol. The van der Waals surface area contributed by atoms with Gasteiger partial charge < -0.3 is 4.98 Å². The van der Waals surface area contributed by atoms with E-state index in [1.165, 1.54) is 32.3 Å². The molecule has 0 heterocycles. The van der Waals surface area contributed by atoms with Crippen molar-refractivity contribution < 1.29 is 0 Å². The number of rotatable bonds is 2. The normalized spacial score (nSPS) is 16.1. The Hall–Kier alpha value is -1.90. The average Bonchev–Trinajstić information content (AvgIpc) is 3.00. The largest absolute Gasteiger partial charge is 0.329 e. The molecule has 2 aliphatic carbocycles. The molecule has 2 aromatic carbocycles. The van der Waals surface area contributed by atoms with Crippen molar-refractivity contribution in [2.45, 2.75) is 45.8 Å². The van der Waals surface area contributed by atoms with Gasteiger partial charge in [0.25, 0.3) is 0 Å². The second-order valence-electron chi connectivity index (χ2n) is 8.86. The fraction of sp³-hybridized carbons (Fsp3) is 0.304. The Morgan fingerprint density at radius 2 is 1.60 bits per heavy atom. The van der Waals surface area contributed by atoms with Crippen molar-refractivity contribution in [3.63, 3.8) is 0 Å². The molecule has 0 bridgehead atoms. The number of hydrogen-bond donors (Lipinski definition) is 1. The van der Waals surface area contributed by atoms with Crippen LogP contribution in [0.1, 0.15) is 31.9 Å². The lowest BCUT2D eigenvalue weighted by molar-refractivity contribution is 0.513. The van der Waals surface area contributed by atoms with E-state index in [-0.39, 0.29) is 5.54 Å². The number of hydrogen-bond acceptors (Lipinski definition) is 1. The number of benzene rings is 2. The molecule has 0 unspecified atom stereocenters. The zero-order valence-electron chi connectivity index (χ0n) is 15.9. The van der Waals surface area contributed by atoms with Crippen LogP contribution in [-0.4, -0.2) is 13.8 Å². The van der Waals surface area contributed by atoms with E-state index in [0.717, 1.165) is 6.42 Å². The van der Waals surface area contributed by atoms with Gasteiger partial charge in [-0.2, -0.15) is 0 Å². The zero-order valence-corrected chi connectivity index (χ0v) is 16.9. The second kappa shape index (κ2) is 5.55. The molecule has 0 saturated carbocycles. The van der Waals surface area contributed by atoms with Crippen LogP contribution in [-0.2, 0) is 6.42 Å². The summed E-state index contributed by atoms with van der Waals surface area (Å²) in [6.45, 7) is 11.7. The molecule has 0 radical (unpaired) electrons. The van der Waals surface area contributed by atoms with Gasteiger partial charge in [-0.05, 0) is 59.5 Å². The van der Waals surface area contributed by atoms with E-state index in [0.29, 0.717) is 0 Å². The molecule has 1 N–H and O–H groups in total. The van der Waals surface area contributed by atoms with Crippen LogP contribution in [0.4, 0.5) is 0 Å².